The number of hydrogen-bond donors (Lipinski definition) is 1. The van der Waals surface area contributed by atoms with E-state index < -0.39 is 12.1 Å². The van der Waals surface area contributed by atoms with Crippen LogP contribution in [0.2, 0.25) is 0 Å². The van der Waals surface area contributed by atoms with Crippen LogP contribution < -0.4 is 4.74 Å². The van der Waals surface area contributed by atoms with Gasteiger partial charge >= 0.3 is 5.97 Å². The molecule has 1 unspecified atom stereocenters. The zero-order valence-electron chi connectivity index (χ0n) is 18.5. The Morgan fingerprint density at radius 3 is 2.21 bits per heavy atom. The van der Waals surface area contributed by atoms with Crippen molar-refractivity contribution >= 4 is 11.8 Å². The average Bonchev–Trinajstić information content (AvgIpc) is 2.85. The van der Waals surface area contributed by atoms with Crippen molar-refractivity contribution in [3.63, 3.8) is 0 Å². The number of methoxy groups -OCH3 is 1. The molecular formula is C28H26O5. The lowest BCUT2D eigenvalue weighted by atomic mass is 10.0. The molecule has 3 aromatic rings. The van der Waals surface area contributed by atoms with E-state index >= 15 is 0 Å². The van der Waals surface area contributed by atoms with Crippen LogP contribution in [0.25, 0.3) is 0 Å². The van der Waals surface area contributed by atoms with Crippen LogP contribution in [0.15, 0.2) is 78.9 Å². The van der Waals surface area contributed by atoms with Crippen LogP contribution in [0.1, 0.15) is 39.9 Å². The van der Waals surface area contributed by atoms with E-state index in [9.17, 15) is 9.59 Å². The van der Waals surface area contributed by atoms with Crippen molar-refractivity contribution in [2.45, 2.75) is 25.4 Å². The van der Waals surface area contributed by atoms with Gasteiger partial charge in [-0.25, -0.2) is 4.79 Å². The zero-order chi connectivity index (χ0) is 23.5. The Kier molecular flexibility index (Phi) is 8.81. The fourth-order valence-electron chi connectivity index (χ4n) is 3.18. The summed E-state index contributed by atoms with van der Waals surface area (Å²) >= 11 is 0. The molecule has 0 radical (unpaired) electrons. The van der Waals surface area contributed by atoms with E-state index in [1.807, 2.05) is 54.6 Å². The Morgan fingerprint density at radius 1 is 0.909 bits per heavy atom. The Bertz CT molecular complexity index is 1110. The minimum absolute atomic E-state index is 0.00847. The van der Waals surface area contributed by atoms with E-state index in [1.54, 1.807) is 24.3 Å². The first kappa shape index (κ1) is 23.8. The van der Waals surface area contributed by atoms with Crippen molar-refractivity contribution in [2.75, 3.05) is 13.7 Å². The maximum Gasteiger partial charge on any atom is 0.333 e. The fraction of sp³-hybridized carbons (Fsp3) is 0.214. The van der Waals surface area contributed by atoms with Gasteiger partial charge in [-0.2, -0.15) is 0 Å². The molecule has 1 N–H and O–H groups in total. The van der Waals surface area contributed by atoms with Gasteiger partial charge in [-0.1, -0.05) is 54.3 Å². The molecule has 3 aromatic carbocycles. The normalized spacial score (nSPS) is 11.2. The van der Waals surface area contributed by atoms with E-state index in [-0.39, 0.29) is 5.78 Å². The lowest BCUT2D eigenvalue weighted by Gasteiger charge is -2.10. The van der Waals surface area contributed by atoms with Crippen LogP contribution in [0, 0.1) is 11.8 Å². The van der Waals surface area contributed by atoms with Gasteiger partial charge in [0.25, 0.3) is 0 Å². The molecule has 5 nitrogen and oxygen atoms in total. The highest BCUT2D eigenvalue weighted by Gasteiger charge is 2.16. The zero-order valence-corrected chi connectivity index (χ0v) is 18.5. The predicted octanol–water partition coefficient (Wildman–Crippen LogP) is 4.77. The summed E-state index contributed by atoms with van der Waals surface area (Å²) in [6.45, 7) is 0.535. The molecule has 0 aliphatic rings. The van der Waals surface area contributed by atoms with Gasteiger partial charge < -0.3 is 14.6 Å². The minimum atomic E-state index is -0.972. The Labute approximate surface area is 194 Å². The summed E-state index contributed by atoms with van der Waals surface area (Å²) in [7, 11) is 1.39. The van der Waals surface area contributed by atoms with Crippen molar-refractivity contribution in [3.05, 3.63) is 101 Å². The van der Waals surface area contributed by atoms with Crippen LogP contribution in [-0.2, 0) is 16.0 Å². The highest BCUT2D eigenvalue weighted by molar-refractivity contribution is 6.08. The van der Waals surface area contributed by atoms with Gasteiger partial charge in [-0.05, 0) is 48.4 Å². The number of benzene rings is 3. The minimum Gasteiger partial charge on any atom is -0.494 e. The molecule has 0 heterocycles. The summed E-state index contributed by atoms with van der Waals surface area (Å²) in [6, 6.07) is 23.9. The number of carboxylic acid groups (broad SMARTS) is 1. The van der Waals surface area contributed by atoms with Gasteiger partial charge in [0, 0.05) is 36.6 Å². The quantitative estimate of drug-likeness (QED) is 0.278. The number of carbonyl (C=O) groups is 2. The Balaban J connectivity index is 1.40. The van der Waals surface area contributed by atoms with Crippen molar-refractivity contribution in [3.8, 4) is 17.6 Å². The summed E-state index contributed by atoms with van der Waals surface area (Å²) < 4.78 is 10.7. The highest BCUT2D eigenvalue weighted by Crippen LogP contribution is 2.16. The van der Waals surface area contributed by atoms with Crippen LogP contribution in [0.4, 0.5) is 0 Å². The first-order valence-corrected chi connectivity index (χ1v) is 10.7. The third kappa shape index (κ3) is 7.34. The lowest BCUT2D eigenvalue weighted by Crippen LogP contribution is -2.24. The van der Waals surface area contributed by atoms with Gasteiger partial charge in [-0.3, -0.25) is 4.79 Å². The lowest BCUT2D eigenvalue weighted by molar-refractivity contribution is -0.148. The predicted molar refractivity (Wildman–Crippen MR) is 127 cm³/mol. The molecule has 0 spiro atoms. The SMILES string of the molecule is COC(Cc1ccc(C#CCCCOc2ccc(C(=O)c3ccccc3)cc2)cc1)C(=O)O. The molecule has 3 rings (SSSR count). The molecule has 0 aliphatic heterocycles. The number of ether oxygens (including phenoxy) is 2. The van der Waals surface area contributed by atoms with E-state index in [0.717, 1.165) is 23.3 Å². The van der Waals surface area contributed by atoms with E-state index in [1.165, 1.54) is 7.11 Å². The molecule has 0 saturated heterocycles. The highest BCUT2D eigenvalue weighted by atomic mass is 16.5. The van der Waals surface area contributed by atoms with E-state index in [2.05, 4.69) is 11.8 Å². The largest absolute Gasteiger partial charge is 0.494 e. The number of rotatable bonds is 10. The number of hydrogen-bond acceptors (Lipinski definition) is 4. The fourth-order valence-corrected chi connectivity index (χ4v) is 3.18. The summed E-state index contributed by atoms with van der Waals surface area (Å²) in [5.41, 5.74) is 3.06. The van der Waals surface area contributed by atoms with Gasteiger partial charge in [0.2, 0.25) is 0 Å². The van der Waals surface area contributed by atoms with Crippen molar-refractivity contribution in [1.82, 2.24) is 0 Å². The van der Waals surface area contributed by atoms with Crippen LogP contribution >= 0.6 is 0 Å². The summed E-state index contributed by atoms with van der Waals surface area (Å²) in [5.74, 6) is 5.97. The standard InChI is InChI=1S/C28H26O5/c1-32-26(28(30)31)20-22-13-11-21(12-14-22)8-4-3-7-19-33-25-17-15-24(16-18-25)27(29)23-9-5-2-6-10-23/h2,5-6,9-18,26H,3,7,19-20H2,1H3,(H,30,31). The molecule has 1 atom stereocenters. The van der Waals surface area contributed by atoms with Crippen molar-refractivity contribution in [2.24, 2.45) is 0 Å². The second-order valence-corrected chi connectivity index (χ2v) is 7.44. The third-order valence-corrected chi connectivity index (χ3v) is 5.04. The molecule has 168 valence electrons. The van der Waals surface area contributed by atoms with Crippen molar-refractivity contribution in [1.29, 1.82) is 0 Å². The second kappa shape index (κ2) is 12.2. The maximum atomic E-state index is 12.4. The molecule has 0 bridgehead atoms. The van der Waals surface area contributed by atoms with Gasteiger partial charge in [-0.15, -0.1) is 0 Å². The molecule has 0 aromatic heterocycles. The smallest absolute Gasteiger partial charge is 0.333 e. The van der Waals surface area contributed by atoms with Crippen LogP contribution in [0.5, 0.6) is 5.75 Å². The molecule has 33 heavy (non-hydrogen) atoms. The first-order chi connectivity index (χ1) is 16.1. The number of aliphatic carboxylic acids is 1. The number of carboxylic acids is 1. The molecule has 0 fully saturated rings. The summed E-state index contributed by atoms with van der Waals surface area (Å²) in [4.78, 5) is 23.5. The number of unbranched alkanes of at least 4 members (excludes halogenated alkanes) is 1. The second-order valence-electron chi connectivity index (χ2n) is 7.44. The van der Waals surface area contributed by atoms with E-state index in [4.69, 9.17) is 14.6 Å². The third-order valence-electron chi connectivity index (χ3n) is 5.04. The molecule has 5 heteroatoms. The van der Waals surface area contributed by atoms with Crippen molar-refractivity contribution < 1.29 is 24.2 Å². The Hall–Kier alpha value is -3.88. The number of carbonyl (C=O) groups excluding carboxylic acids is 1. The van der Waals surface area contributed by atoms with Crippen LogP contribution in [-0.4, -0.2) is 36.7 Å². The van der Waals surface area contributed by atoms with Crippen LogP contribution in [0.3, 0.4) is 0 Å². The molecule has 0 saturated carbocycles. The topological polar surface area (TPSA) is 72.8 Å². The van der Waals surface area contributed by atoms with Gasteiger partial charge in [0.05, 0.1) is 6.61 Å². The molecular weight excluding hydrogens is 416 g/mol. The van der Waals surface area contributed by atoms with E-state index in [0.29, 0.717) is 30.6 Å². The average molecular weight is 443 g/mol. The first-order valence-electron chi connectivity index (χ1n) is 10.7. The number of ketones is 1. The maximum absolute atomic E-state index is 12.4. The summed E-state index contributed by atoms with van der Waals surface area (Å²) in [6.07, 6.45) is 0.946. The monoisotopic (exact) mass is 442 g/mol. The Morgan fingerprint density at radius 2 is 1.58 bits per heavy atom. The summed E-state index contributed by atoms with van der Waals surface area (Å²) in [5, 5.41) is 9.05. The van der Waals surface area contributed by atoms with Gasteiger partial charge in [0.1, 0.15) is 5.75 Å². The molecule has 0 aliphatic carbocycles. The van der Waals surface area contributed by atoms with Gasteiger partial charge in [0.15, 0.2) is 11.9 Å². The molecule has 0 amide bonds.